The maximum absolute atomic E-state index is 12.3. The van der Waals surface area contributed by atoms with Crippen LogP contribution < -0.4 is 5.32 Å². The summed E-state index contributed by atoms with van der Waals surface area (Å²) < 4.78 is 1.76. The van der Waals surface area contributed by atoms with E-state index in [1.807, 2.05) is 66.9 Å². The second-order valence-corrected chi connectivity index (χ2v) is 7.51. The van der Waals surface area contributed by atoms with Crippen LogP contribution in [0, 0.1) is 0 Å². The standard InChI is InChI=1S/C21H16ClN5OS/c22-18(11-16-13-24-27(14-16)17-9-5-2-6-10-17)20-25-26-21(29-20)19(28)23-12-15-7-3-1-4-8-15/h1-11,13-14H,12H2,(H,23,28)/b18-11+. The van der Waals surface area contributed by atoms with E-state index in [-0.39, 0.29) is 10.9 Å². The van der Waals surface area contributed by atoms with E-state index >= 15 is 0 Å². The Balaban J connectivity index is 1.43. The normalized spacial score (nSPS) is 11.4. The molecule has 0 aliphatic carbocycles. The van der Waals surface area contributed by atoms with Gasteiger partial charge in [-0.15, -0.1) is 10.2 Å². The number of halogens is 1. The molecule has 0 radical (unpaired) electrons. The molecule has 0 bridgehead atoms. The summed E-state index contributed by atoms with van der Waals surface area (Å²) in [4.78, 5) is 12.3. The number of benzene rings is 2. The summed E-state index contributed by atoms with van der Waals surface area (Å²) in [5.74, 6) is -0.279. The Morgan fingerprint density at radius 1 is 1.03 bits per heavy atom. The van der Waals surface area contributed by atoms with Gasteiger partial charge in [0.05, 0.1) is 16.9 Å². The van der Waals surface area contributed by atoms with Crippen molar-refractivity contribution in [3.05, 3.63) is 94.2 Å². The van der Waals surface area contributed by atoms with Gasteiger partial charge in [0.15, 0.2) is 5.01 Å². The molecule has 29 heavy (non-hydrogen) atoms. The molecule has 6 nitrogen and oxygen atoms in total. The molecule has 2 aromatic carbocycles. The van der Waals surface area contributed by atoms with Crippen molar-refractivity contribution in [2.24, 2.45) is 0 Å². The van der Waals surface area contributed by atoms with Gasteiger partial charge in [-0.3, -0.25) is 4.79 Å². The van der Waals surface area contributed by atoms with Gasteiger partial charge in [-0.1, -0.05) is 71.5 Å². The third kappa shape index (κ3) is 4.77. The van der Waals surface area contributed by atoms with E-state index in [1.165, 1.54) is 0 Å². The van der Waals surface area contributed by atoms with Crippen LogP contribution in [0.1, 0.15) is 25.9 Å². The summed E-state index contributed by atoms with van der Waals surface area (Å²) in [6, 6.07) is 19.5. The van der Waals surface area contributed by atoms with E-state index in [0.29, 0.717) is 16.6 Å². The Kier molecular flexibility index (Phi) is 5.79. The number of carbonyl (C=O) groups is 1. The topological polar surface area (TPSA) is 72.7 Å². The summed E-state index contributed by atoms with van der Waals surface area (Å²) in [7, 11) is 0. The Labute approximate surface area is 176 Å². The van der Waals surface area contributed by atoms with Crippen molar-refractivity contribution in [3.63, 3.8) is 0 Å². The highest BCUT2D eigenvalue weighted by Crippen LogP contribution is 2.25. The van der Waals surface area contributed by atoms with Crippen molar-refractivity contribution in [1.82, 2.24) is 25.3 Å². The number of rotatable bonds is 6. The van der Waals surface area contributed by atoms with Crippen molar-refractivity contribution in [1.29, 1.82) is 0 Å². The molecular formula is C21H16ClN5OS. The highest BCUT2D eigenvalue weighted by atomic mass is 35.5. The fourth-order valence-electron chi connectivity index (χ4n) is 2.61. The zero-order valence-electron chi connectivity index (χ0n) is 15.2. The predicted octanol–water partition coefficient (Wildman–Crippen LogP) is 4.39. The molecule has 0 saturated heterocycles. The zero-order chi connectivity index (χ0) is 20.1. The fraction of sp³-hybridized carbons (Fsp3) is 0.0476. The lowest BCUT2D eigenvalue weighted by Gasteiger charge is -2.01. The van der Waals surface area contributed by atoms with Gasteiger partial charge in [0.1, 0.15) is 0 Å². The van der Waals surface area contributed by atoms with Gasteiger partial charge < -0.3 is 5.32 Å². The lowest BCUT2D eigenvalue weighted by atomic mass is 10.2. The minimum Gasteiger partial charge on any atom is -0.346 e. The number of aromatic nitrogens is 4. The third-order valence-electron chi connectivity index (χ3n) is 4.04. The van der Waals surface area contributed by atoms with Gasteiger partial charge in [0.2, 0.25) is 5.01 Å². The van der Waals surface area contributed by atoms with Crippen molar-refractivity contribution in [2.45, 2.75) is 6.54 Å². The molecule has 0 aliphatic rings. The van der Waals surface area contributed by atoms with Crippen LogP contribution in [0.3, 0.4) is 0 Å². The second-order valence-electron chi connectivity index (χ2n) is 6.13. The van der Waals surface area contributed by atoms with Gasteiger partial charge in [0, 0.05) is 18.3 Å². The van der Waals surface area contributed by atoms with E-state index in [1.54, 1.807) is 17.0 Å². The third-order valence-corrected chi connectivity index (χ3v) is 5.39. The summed E-state index contributed by atoms with van der Waals surface area (Å²) >= 11 is 7.53. The quantitative estimate of drug-likeness (QED) is 0.501. The molecule has 0 fully saturated rings. The molecule has 0 spiro atoms. The Morgan fingerprint density at radius 3 is 2.48 bits per heavy atom. The van der Waals surface area contributed by atoms with Crippen molar-refractivity contribution in [2.75, 3.05) is 0 Å². The average molecular weight is 422 g/mol. The van der Waals surface area contributed by atoms with Gasteiger partial charge in [0.25, 0.3) is 5.91 Å². The average Bonchev–Trinajstić information content (AvgIpc) is 3.43. The first-order chi connectivity index (χ1) is 14.2. The molecule has 0 unspecified atom stereocenters. The molecule has 1 N–H and O–H groups in total. The minimum atomic E-state index is -0.279. The van der Waals surface area contributed by atoms with Crippen LogP contribution >= 0.6 is 22.9 Å². The van der Waals surface area contributed by atoms with Crippen LogP contribution in [-0.2, 0) is 6.54 Å². The van der Waals surface area contributed by atoms with Crippen LogP contribution in [0.15, 0.2) is 73.1 Å². The molecule has 0 atom stereocenters. The highest BCUT2D eigenvalue weighted by Gasteiger charge is 2.14. The van der Waals surface area contributed by atoms with E-state index in [2.05, 4.69) is 20.6 Å². The number of para-hydroxylation sites is 1. The molecule has 2 aromatic heterocycles. The summed E-state index contributed by atoms with van der Waals surface area (Å²) in [5.41, 5.74) is 2.79. The molecule has 4 rings (SSSR count). The number of nitrogens with zero attached hydrogens (tertiary/aromatic N) is 4. The lowest BCUT2D eigenvalue weighted by molar-refractivity contribution is 0.0950. The molecule has 0 aliphatic heterocycles. The number of hydrogen-bond acceptors (Lipinski definition) is 5. The van der Waals surface area contributed by atoms with Gasteiger partial charge in [-0.2, -0.15) is 5.10 Å². The monoisotopic (exact) mass is 421 g/mol. The van der Waals surface area contributed by atoms with E-state index < -0.39 is 0 Å². The molecule has 144 valence electrons. The lowest BCUT2D eigenvalue weighted by Crippen LogP contribution is -2.22. The Bertz CT molecular complexity index is 1140. The molecule has 0 saturated carbocycles. The van der Waals surface area contributed by atoms with Crippen LogP contribution in [0.4, 0.5) is 0 Å². The SMILES string of the molecule is O=C(NCc1ccccc1)c1nnc(/C(Cl)=C\c2cnn(-c3ccccc3)c2)s1. The first kappa shape index (κ1) is 19.0. The zero-order valence-corrected chi connectivity index (χ0v) is 16.8. The minimum absolute atomic E-state index is 0.266. The largest absolute Gasteiger partial charge is 0.346 e. The molecule has 4 aromatic rings. The molecule has 8 heteroatoms. The van der Waals surface area contributed by atoms with Gasteiger partial charge in [-0.25, -0.2) is 4.68 Å². The first-order valence-electron chi connectivity index (χ1n) is 8.82. The Hall–Kier alpha value is -3.29. The first-order valence-corrected chi connectivity index (χ1v) is 10.0. The maximum atomic E-state index is 12.3. The van der Waals surface area contributed by atoms with Crippen LogP contribution in [-0.4, -0.2) is 25.9 Å². The number of amides is 1. The summed E-state index contributed by atoms with van der Waals surface area (Å²) in [6.07, 6.45) is 5.33. The number of nitrogens with one attached hydrogen (secondary N) is 1. The van der Waals surface area contributed by atoms with Crippen molar-refractivity contribution < 1.29 is 4.79 Å². The smallest absolute Gasteiger partial charge is 0.282 e. The van der Waals surface area contributed by atoms with E-state index in [4.69, 9.17) is 11.6 Å². The van der Waals surface area contributed by atoms with Gasteiger partial charge >= 0.3 is 0 Å². The maximum Gasteiger partial charge on any atom is 0.282 e. The summed E-state index contributed by atoms with van der Waals surface area (Å²) in [6.45, 7) is 0.427. The number of hydrogen-bond donors (Lipinski definition) is 1. The highest BCUT2D eigenvalue weighted by molar-refractivity contribution is 7.15. The van der Waals surface area contributed by atoms with Crippen LogP contribution in [0.2, 0.25) is 0 Å². The van der Waals surface area contributed by atoms with Crippen molar-refractivity contribution in [3.8, 4) is 5.69 Å². The number of carbonyl (C=O) groups excluding carboxylic acids is 1. The molecule has 2 heterocycles. The summed E-state index contributed by atoms with van der Waals surface area (Å²) in [5, 5.41) is 16.3. The van der Waals surface area contributed by atoms with E-state index in [0.717, 1.165) is 28.2 Å². The van der Waals surface area contributed by atoms with E-state index in [9.17, 15) is 4.79 Å². The molecule has 1 amide bonds. The van der Waals surface area contributed by atoms with Crippen molar-refractivity contribution >= 4 is 40.0 Å². The van der Waals surface area contributed by atoms with Gasteiger partial charge in [-0.05, 0) is 23.8 Å². The van der Waals surface area contributed by atoms with Crippen LogP contribution in [0.25, 0.3) is 16.8 Å². The second kappa shape index (κ2) is 8.81. The predicted molar refractivity (Wildman–Crippen MR) is 115 cm³/mol. The fourth-order valence-corrected chi connectivity index (χ4v) is 3.55. The molecular weight excluding hydrogens is 406 g/mol. The Morgan fingerprint density at radius 2 is 1.72 bits per heavy atom. The van der Waals surface area contributed by atoms with Crippen LogP contribution in [0.5, 0.6) is 0 Å².